The molecule has 0 saturated carbocycles. The van der Waals surface area contributed by atoms with Crippen molar-refractivity contribution in [2.24, 2.45) is 0 Å². The second-order valence-corrected chi connectivity index (χ2v) is 5.28. The Hall–Kier alpha value is -2.62. The average molecular weight is 313 g/mol. The zero-order valence-electron chi connectivity index (χ0n) is 14.3. The molecule has 0 aliphatic carbocycles. The summed E-state index contributed by atoms with van der Waals surface area (Å²) in [6.07, 6.45) is 4.08. The first-order chi connectivity index (χ1) is 11.1. The van der Waals surface area contributed by atoms with E-state index in [9.17, 15) is 0 Å². The molecule has 4 nitrogen and oxygen atoms in total. The summed E-state index contributed by atoms with van der Waals surface area (Å²) in [5.74, 6) is 1.89. The lowest BCUT2D eigenvalue weighted by molar-refractivity contribution is 0.324. The van der Waals surface area contributed by atoms with Crippen LogP contribution < -0.4 is 19.1 Å². The molecule has 0 heterocycles. The highest BCUT2D eigenvalue weighted by atomic mass is 16.5. The fraction of sp³-hybridized carbons (Fsp3) is 0.263. The Kier molecular flexibility index (Phi) is 5.52. The largest absolute Gasteiger partial charge is 0.493 e. The topological polar surface area (TPSA) is 30.9 Å². The number of hydrogen-bond acceptors (Lipinski definition) is 4. The third kappa shape index (κ3) is 3.97. The van der Waals surface area contributed by atoms with Gasteiger partial charge in [-0.25, -0.2) is 0 Å². The van der Waals surface area contributed by atoms with Crippen LogP contribution >= 0.6 is 0 Å². The Morgan fingerprint density at radius 1 is 0.739 bits per heavy atom. The maximum absolute atomic E-state index is 5.37. The van der Waals surface area contributed by atoms with E-state index in [2.05, 4.69) is 35.2 Å². The van der Waals surface area contributed by atoms with Crippen molar-refractivity contribution in [3.8, 4) is 17.2 Å². The van der Waals surface area contributed by atoms with Crippen molar-refractivity contribution in [3.05, 3.63) is 47.5 Å². The SMILES string of the molecule is COc1cc(C=Cc2ccc(N(C)C)cc2)cc(OC)c1OC. The third-order valence-electron chi connectivity index (χ3n) is 3.56. The van der Waals surface area contributed by atoms with Gasteiger partial charge in [0.25, 0.3) is 0 Å². The van der Waals surface area contributed by atoms with Crippen molar-refractivity contribution < 1.29 is 14.2 Å². The number of ether oxygens (including phenoxy) is 3. The molecule has 23 heavy (non-hydrogen) atoms. The number of rotatable bonds is 6. The van der Waals surface area contributed by atoms with Crippen LogP contribution in [0.25, 0.3) is 12.2 Å². The van der Waals surface area contributed by atoms with Gasteiger partial charge in [0.05, 0.1) is 21.3 Å². The highest BCUT2D eigenvalue weighted by Crippen LogP contribution is 2.38. The van der Waals surface area contributed by atoms with Crippen molar-refractivity contribution in [2.45, 2.75) is 0 Å². The zero-order chi connectivity index (χ0) is 16.8. The highest BCUT2D eigenvalue weighted by Gasteiger charge is 2.11. The number of nitrogens with zero attached hydrogens (tertiary/aromatic N) is 1. The molecule has 0 N–H and O–H groups in total. The fourth-order valence-electron chi connectivity index (χ4n) is 2.27. The molecule has 0 amide bonds. The van der Waals surface area contributed by atoms with Crippen LogP contribution in [0.2, 0.25) is 0 Å². The summed E-state index contributed by atoms with van der Waals surface area (Å²) in [4.78, 5) is 2.08. The van der Waals surface area contributed by atoms with Gasteiger partial charge in [0.15, 0.2) is 11.5 Å². The molecular formula is C19H23NO3. The minimum absolute atomic E-state index is 0.600. The van der Waals surface area contributed by atoms with Crippen molar-refractivity contribution in [3.63, 3.8) is 0 Å². The normalized spacial score (nSPS) is 10.7. The molecule has 2 aromatic carbocycles. The molecule has 0 atom stereocenters. The summed E-state index contributed by atoms with van der Waals surface area (Å²) in [5, 5.41) is 0. The Morgan fingerprint density at radius 3 is 1.70 bits per heavy atom. The molecule has 0 spiro atoms. The van der Waals surface area contributed by atoms with Crippen LogP contribution in [0.4, 0.5) is 5.69 Å². The Balaban J connectivity index is 2.28. The number of benzene rings is 2. The van der Waals surface area contributed by atoms with E-state index in [0.717, 1.165) is 11.1 Å². The van der Waals surface area contributed by atoms with Gasteiger partial charge < -0.3 is 19.1 Å². The molecule has 0 radical (unpaired) electrons. The molecule has 2 rings (SSSR count). The quantitative estimate of drug-likeness (QED) is 0.756. The van der Waals surface area contributed by atoms with Crippen molar-refractivity contribution in [1.29, 1.82) is 0 Å². The first kappa shape index (κ1) is 16.7. The number of methoxy groups -OCH3 is 3. The molecule has 0 aliphatic heterocycles. The smallest absolute Gasteiger partial charge is 0.203 e. The predicted octanol–water partition coefficient (Wildman–Crippen LogP) is 3.95. The summed E-state index contributed by atoms with van der Waals surface area (Å²) < 4.78 is 16.1. The van der Waals surface area contributed by atoms with Crippen LogP contribution in [0.5, 0.6) is 17.2 Å². The second-order valence-electron chi connectivity index (χ2n) is 5.28. The Bertz CT molecular complexity index is 651. The standard InChI is InChI=1S/C19H23NO3/c1-20(2)16-10-8-14(9-11-16)6-7-15-12-17(21-3)19(23-5)18(13-15)22-4/h6-13H,1-5H3. The lowest BCUT2D eigenvalue weighted by Gasteiger charge is -2.13. The molecule has 2 aromatic rings. The van der Waals surface area contributed by atoms with E-state index in [1.807, 2.05) is 32.3 Å². The van der Waals surface area contributed by atoms with E-state index in [1.54, 1.807) is 21.3 Å². The first-order valence-corrected chi connectivity index (χ1v) is 7.34. The lowest BCUT2D eigenvalue weighted by atomic mass is 10.1. The molecule has 0 unspecified atom stereocenters. The summed E-state index contributed by atoms with van der Waals surface area (Å²) in [7, 11) is 8.89. The van der Waals surface area contributed by atoms with Crippen molar-refractivity contribution in [1.82, 2.24) is 0 Å². The minimum Gasteiger partial charge on any atom is -0.493 e. The van der Waals surface area contributed by atoms with Crippen molar-refractivity contribution in [2.75, 3.05) is 40.3 Å². The van der Waals surface area contributed by atoms with Gasteiger partial charge in [-0.1, -0.05) is 24.3 Å². The van der Waals surface area contributed by atoms with Gasteiger partial charge in [0.2, 0.25) is 5.75 Å². The molecule has 4 heteroatoms. The molecular weight excluding hydrogens is 290 g/mol. The average Bonchev–Trinajstić information content (AvgIpc) is 2.59. The van der Waals surface area contributed by atoms with Gasteiger partial charge in [-0.2, -0.15) is 0 Å². The predicted molar refractivity (Wildman–Crippen MR) is 95.8 cm³/mol. The molecule has 0 bridgehead atoms. The van der Waals surface area contributed by atoms with Gasteiger partial charge in [-0.3, -0.25) is 0 Å². The van der Waals surface area contributed by atoms with Crippen LogP contribution in [0.15, 0.2) is 36.4 Å². The van der Waals surface area contributed by atoms with E-state index < -0.39 is 0 Å². The number of anilines is 1. The van der Waals surface area contributed by atoms with E-state index in [1.165, 1.54) is 5.69 Å². The molecule has 0 aliphatic rings. The van der Waals surface area contributed by atoms with E-state index in [0.29, 0.717) is 17.2 Å². The summed E-state index contributed by atoms with van der Waals surface area (Å²) in [6.45, 7) is 0. The molecule has 0 aromatic heterocycles. The Labute approximate surface area is 137 Å². The lowest BCUT2D eigenvalue weighted by Crippen LogP contribution is -2.07. The van der Waals surface area contributed by atoms with Gasteiger partial charge in [0, 0.05) is 19.8 Å². The molecule has 122 valence electrons. The van der Waals surface area contributed by atoms with Crippen LogP contribution in [0.3, 0.4) is 0 Å². The van der Waals surface area contributed by atoms with Crippen LogP contribution in [-0.4, -0.2) is 35.4 Å². The second kappa shape index (κ2) is 7.58. The first-order valence-electron chi connectivity index (χ1n) is 7.34. The van der Waals surface area contributed by atoms with E-state index in [4.69, 9.17) is 14.2 Å². The summed E-state index contributed by atoms with van der Waals surface area (Å²) >= 11 is 0. The van der Waals surface area contributed by atoms with Gasteiger partial charge in [-0.15, -0.1) is 0 Å². The van der Waals surface area contributed by atoms with Crippen molar-refractivity contribution >= 4 is 17.8 Å². The monoisotopic (exact) mass is 313 g/mol. The van der Waals surface area contributed by atoms with Crippen LogP contribution in [0.1, 0.15) is 11.1 Å². The maximum atomic E-state index is 5.37. The Morgan fingerprint density at radius 2 is 1.26 bits per heavy atom. The van der Waals surface area contributed by atoms with Crippen LogP contribution in [0, 0.1) is 0 Å². The van der Waals surface area contributed by atoms with E-state index >= 15 is 0 Å². The maximum Gasteiger partial charge on any atom is 0.203 e. The molecule has 0 saturated heterocycles. The molecule has 0 fully saturated rings. The highest BCUT2D eigenvalue weighted by molar-refractivity contribution is 5.73. The minimum atomic E-state index is 0.600. The number of hydrogen-bond donors (Lipinski definition) is 0. The van der Waals surface area contributed by atoms with E-state index in [-0.39, 0.29) is 0 Å². The van der Waals surface area contributed by atoms with Gasteiger partial charge >= 0.3 is 0 Å². The summed E-state index contributed by atoms with van der Waals surface area (Å²) in [5.41, 5.74) is 3.29. The van der Waals surface area contributed by atoms with Gasteiger partial charge in [-0.05, 0) is 35.4 Å². The zero-order valence-corrected chi connectivity index (χ0v) is 14.3. The summed E-state index contributed by atoms with van der Waals surface area (Å²) in [6, 6.07) is 12.2. The fourth-order valence-corrected chi connectivity index (χ4v) is 2.27. The van der Waals surface area contributed by atoms with Gasteiger partial charge in [0.1, 0.15) is 0 Å². The third-order valence-corrected chi connectivity index (χ3v) is 3.56. The van der Waals surface area contributed by atoms with Crippen LogP contribution in [-0.2, 0) is 0 Å².